The van der Waals surface area contributed by atoms with Crippen molar-refractivity contribution in [1.82, 2.24) is 15.1 Å². The van der Waals surface area contributed by atoms with Gasteiger partial charge in [0.1, 0.15) is 0 Å². The van der Waals surface area contributed by atoms with Gasteiger partial charge in [0, 0.05) is 24.6 Å². The fraction of sp³-hybridized carbons (Fsp3) is 0.688. The largest absolute Gasteiger partial charge is 0.479 e. The lowest BCUT2D eigenvalue weighted by molar-refractivity contribution is -0.144. The molecule has 2 heterocycles. The number of hydrogen-bond acceptors (Lipinski definition) is 4. The molecule has 1 atom stereocenters. The van der Waals surface area contributed by atoms with Crippen molar-refractivity contribution in [2.24, 2.45) is 0 Å². The molecule has 1 aromatic rings. The lowest BCUT2D eigenvalue weighted by Gasteiger charge is -2.23. The molecular weight excluding hydrogens is 298 g/mol. The van der Waals surface area contributed by atoms with Crippen LogP contribution in [0.3, 0.4) is 0 Å². The summed E-state index contributed by atoms with van der Waals surface area (Å²) in [4.78, 5) is 24.1. The number of aromatic nitrogens is 2. The molecule has 1 unspecified atom stereocenters. The molecule has 1 aliphatic heterocycles. The van der Waals surface area contributed by atoms with Gasteiger partial charge in [0.15, 0.2) is 11.2 Å². The van der Waals surface area contributed by atoms with Crippen molar-refractivity contribution in [3.05, 3.63) is 17.5 Å². The molecule has 2 aliphatic rings. The van der Waals surface area contributed by atoms with Crippen molar-refractivity contribution in [2.45, 2.75) is 57.0 Å². The molecule has 2 fully saturated rings. The third-order valence-corrected chi connectivity index (χ3v) is 4.38. The maximum absolute atomic E-state index is 12.5. The van der Waals surface area contributed by atoms with Gasteiger partial charge in [-0.2, -0.15) is 5.10 Å². The Labute approximate surface area is 135 Å². The van der Waals surface area contributed by atoms with Gasteiger partial charge in [-0.05, 0) is 39.7 Å². The van der Waals surface area contributed by atoms with E-state index < -0.39 is 17.4 Å². The van der Waals surface area contributed by atoms with Crippen LogP contribution in [0.2, 0.25) is 0 Å². The topological polar surface area (TPSA) is 93.5 Å². The van der Waals surface area contributed by atoms with Crippen LogP contribution < -0.4 is 5.32 Å². The number of nitrogens with one attached hydrogen (secondary N) is 1. The third-order valence-electron chi connectivity index (χ3n) is 4.38. The van der Waals surface area contributed by atoms with Crippen molar-refractivity contribution in [1.29, 1.82) is 0 Å². The summed E-state index contributed by atoms with van der Waals surface area (Å²) < 4.78 is 7.06. The lowest BCUT2D eigenvalue weighted by Crippen LogP contribution is -2.55. The van der Waals surface area contributed by atoms with Crippen LogP contribution in [0, 0.1) is 0 Å². The fourth-order valence-electron chi connectivity index (χ4n) is 2.88. The second-order valence-corrected chi connectivity index (χ2v) is 7.46. The van der Waals surface area contributed by atoms with E-state index >= 15 is 0 Å². The highest BCUT2D eigenvalue weighted by molar-refractivity contribution is 5.96. The van der Waals surface area contributed by atoms with Crippen LogP contribution in [0.1, 0.15) is 62.1 Å². The van der Waals surface area contributed by atoms with Crippen LogP contribution in [0.25, 0.3) is 0 Å². The Bertz CT molecular complexity index is 634. The van der Waals surface area contributed by atoms with Crippen LogP contribution in [0.4, 0.5) is 0 Å². The van der Waals surface area contributed by atoms with E-state index in [-0.39, 0.29) is 24.3 Å². The van der Waals surface area contributed by atoms with Gasteiger partial charge in [0.05, 0.1) is 12.1 Å². The molecule has 1 saturated heterocycles. The highest BCUT2D eigenvalue weighted by atomic mass is 16.5. The molecule has 2 N–H and O–H groups in total. The summed E-state index contributed by atoms with van der Waals surface area (Å²) >= 11 is 0. The number of nitrogens with zero attached hydrogens (tertiary/aromatic N) is 2. The maximum atomic E-state index is 12.5. The first-order valence-electron chi connectivity index (χ1n) is 7.97. The number of amides is 1. The first-order valence-corrected chi connectivity index (χ1v) is 7.97. The molecule has 0 spiro atoms. The van der Waals surface area contributed by atoms with Crippen molar-refractivity contribution in [3.8, 4) is 0 Å². The normalized spacial score (nSPS) is 24.7. The predicted molar refractivity (Wildman–Crippen MR) is 82.5 cm³/mol. The van der Waals surface area contributed by atoms with E-state index in [1.165, 1.54) is 0 Å². The van der Waals surface area contributed by atoms with Crippen molar-refractivity contribution in [2.75, 3.05) is 13.2 Å². The second kappa shape index (κ2) is 5.33. The van der Waals surface area contributed by atoms with E-state index in [1.54, 1.807) is 6.07 Å². The number of rotatable bonds is 4. The number of carbonyl (C=O) groups is 2. The number of carboxylic acid groups (broad SMARTS) is 1. The van der Waals surface area contributed by atoms with Gasteiger partial charge in [0.2, 0.25) is 0 Å². The number of carbonyl (C=O) groups excluding carboxylic acids is 1. The Morgan fingerprint density at radius 2 is 2.13 bits per heavy atom. The van der Waals surface area contributed by atoms with E-state index in [9.17, 15) is 14.7 Å². The monoisotopic (exact) mass is 321 g/mol. The molecule has 23 heavy (non-hydrogen) atoms. The van der Waals surface area contributed by atoms with E-state index in [0.29, 0.717) is 12.5 Å². The molecule has 3 rings (SSSR count). The van der Waals surface area contributed by atoms with E-state index in [1.807, 2.05) is 25.5 Å². The van der Waals surface area contributed by atoms with Crippen LogP contribution in [0.5, 0.6) is 0 Å². The van der Waals surface area contributed by atoms with Gasteiger partial charge in [-0.1, -0.05) is 0 Å². The molecule has 7 heteroatoms. The molecule has 1 amide bonds. The molecule has 1 aliphatic carbocycles. The SMILES string of the molecule is CC(C)(C)n1nc(C(=O)NC2(C(=O)O)CCOC2)cc1C1CC1. The third kappa shape index (κ3) is 2.97. The van der Waals surface area contributed by atoms with E-state index in [0.717, 1.165) is 18.5 Å². The summed E-state index contributed by atoms with van der Waals surface area (Å²) in [7, 11) is 0. The van der Waals surface area contributed by atoms with Crippen LogP contribution >= 0.6 is 0 Å². The lowest BCUT2D eigenvalue weighted by atomic mass is 9.99. The summed E-state index contributed by atoms with van der Waals surface area (Å²) in [6.07, 6.45) is 2.48. The van der Waals surface area contributed by atoms with Crippen molar-refractivity contribution in [3.63, 3.8) is 0 Å². The van der Waals surface area contributed by atoms with Gasteiger partial charge < -0.3 is 15.2 Å². The smallest absolute Gasteiger partial charge is 0.331 e. The number of carboxylic acids is 1. The van der Waals surface area contributed by atoms with Crippen molar-refractivity contribution >= 4 is 11.9 Å². The first-order chi connectivity index (χ1) is 10.7. The highest BCUT2D eigenvalue weighted by Crippen LogP contribution is 2.41. The predicted octanol–water partition coefficient (Wildman–Crippen LogP) is 1.49. The number of ether oxygens (including phenoxy) is 1. The Kier molecular flexibility index (Phi) is 3.71. The highest BCUT2D eigenvalue weighted by Gasteiger charge is 2.44. The fourth-order valence-corrected chi connectivity index (χ4v) is 2.88. The summed E-state index contributed by atoms with van der Waals surface area (Å²) in [5.74, 6) is -1.07. The summed E-state index contributed by atoms with van der Waals surface area (Å²) in [6, 6.07) is 1.80. The standard InChI is InChI=1S/C16H23N3O4/c1-15(2,3)19-12(10-4-5-10)8-11(18-19)13(20)17-16(14(21)22)6-7-23-9-16/h8,10H,4-7,9H2,1-3H3,(H,17,20)(H,21,22). The summed E-state index contributed by atoms with van der Waals surface area (Å²) in [6.45, 7) is 6.44. The Morgan fingerprint density at radius 3 is 2.61 bits per heavy atom. The van der Waals surface area contributed by atoms with Gasteiger partial charge in [0.25, 0.3) is 5.91 Å². The Hall–Kier alpha value is -1.89. The summed E-state index contributed by atoms with van der Waals surface area (Å²) in [5.41, 5.74) is -0.247. The molecule has 0 bridgehead atoms. The molecule has 7 nitrogen and oxygen atoms in total. The van der Waals surface area contributed by atoms with E-state index in [4.69, 9.17) is 4.74 Å². The minimum atomic E-state index is -1.34. The quantitative estimate of drug-likeness (QED) is 0.876. The minimum Gasteiger partial charge on any atom is -0.479 e. The average molecular weight is 321 g/mol. The Balaban J connectivity index is 1.86. The zero-order valence-corrected chi connectivity index (χ0v) is 13.8. The number of hydrogen-bond donors (Lipinski definition) is 2. The second-order valence-electron chi connectivity index (χ2n) is 7.46. The average Bonchev–Trinajstić information content (AvgIpc) is 3.01. The first kappa shape index (κ1) is 16.0. The van der Waals surface area contributed by atoms with Crippen molar-refractivity contribution < 1.29 is 19.4 Å². The maximum Gasteiger partial charge on any atom is 0.331 e. The number of aliphatic carboxylic acids is 1. The van der Waals surface area contributed by atoms with Crippen LogP contribution in [-0.2, 0) is 15.1 Å². The molecule has 126 valence electrons. The molecule has 1 aromatic heterocycles. The Morgan fingerprint density at radius 1 is 1.43 bits per heavy atom. The van der Waals surface area contributed by atoms with Gasteiger partial charge in [-0.25, -0.2) is 4.79 Å². The van der Waals surface area contributed by atoms with Gasteiger partial charge in [-0.15, -0.1) is 0 Å². The van der Waals surface area contributed by atoms with Gasteiger partial charge >= 0.3 is 5.97 Å². The zero-order valence-electron chi connectivity index (χ0n) is 13.8. The molecular formula is C16H23N3O4. The summed E-state index contributed by atoms with van der Waals surface area (Å²) in [5, 5.41) is 16.5. The molecule has 0 aromatic carbocycles. The van der Waals surface area contributed by atoms with Crippen LogP contribution in [-0.4, -0.2) is 45.5 Å². The van der Waals surface area contributed by atoms with E-state index in [2.05, 4.69) is 10.4 Å². The molecule has 0 radical (unpaired) electrons. The van der Waals surface area contributed by atoms with Crippen LogP contribution in [0.15, 0.2) is 6.07 Å². The minimum absolute atomic E-state index is 0.0104. The van der Waals surface area contributed by atoms with Gasteiger partial charge in [-0.3, -0.25) is 9.48 Å². The molecule has 1 saturated carbocycles. The zero-order chi connectivity index (χ0) is 16.8.